The summed E-state index contributed by atoms with van der Waals surface area (Å²) in [4.78, 5) is 4.28. The Kier molecular flexibility index (Phi) is 2.44. The zero-order valence-corrected chi connectivity index (χ0v) is 10.1. The largest absolute Gasteiger partial charge is 0.356 e. The van der Waals surface area contributed by atoms with Crippen molar-refractivity contribution in [2.75, 3.05) is 0 Å². The molecule has 0 aliphatic carbocycles. The Morgan fingerprint density at radius 2 is 2.00 bits per heavy atom. The zero-order chi connectivity index (χ0) is 12.5. The van der Waals surface area contributed by atoms with Crippen LogP contribution in [0.2, 0.25) is 0 Å². The number of aryl methyl sites for hydroxylation is 2. The molecule has 0 aromatic carbocycles. The molecule has 0 aliphatic rings. The number of H-pyrrole nitrogens is 1. The zero-order valence-electron chi connectivity index (χ0n) is 10.1. The first kappa shape index (κ1) is 10.7. The summed E-state index contributed by atoms with van der Waals surface area (Å²) < 4.78 is 5.26. The van der Waals surface area contributed by atoms with Gasteiger partial charge in [0.2, 0.25) is 0 Å². The third-order valence-corrected chi connectivity index (χ3v) is 2.73. The fourth-order valence-electron chi connectivity index (χ4n) is 1.80. The highest BCUT2D eigenvalue weighted by atomic mass is 16.5. The molecule has 0 saturated carbocycles. The van der Waals surface area contributed by atoms with Gasteiger partial charge in [-0.15, -0.1) is 0 Å². The summed E-state index contributed by atoms with van der Waals surface area (Å²) in [6.45, 7) is 3.84. The molecule has 3 aromatic rings. The van der Waals surface area contributed by atoms with Crippen LogP contribution in [0.1, 0.15) is 11.4 Å². The van der Waals surface area contributed by atoms with Crippen molar-refractivity contribution in [3.63, 3.8) is 0 Å². The lowest BCUT2D eigenvalue weighted by atomic mass is 10.1. The topological polar surface area (TPSA) is 67.6 Å². The van der Waals surface area contributed by atoms with E-state index < -0.39 is 0 Å². The molecule has 0 saturated heterocycles. The van der Waals surface area contributed by atoms with Crippen LogP contribution in [0, 0.1) is 13.8 Å². The lowest BCUT2D eigenvalue weighted by Crippen LogP contribution is -1.85. The molecule has 90 valence electrons. The van der Waals surface area contributed by atoms with Crippen molar-refractivity contribution in [3.8, 4) is 22.6 Å². The number of aromatic nitrogens is 4. The van der Waals surface area contributed by atoms with E-state index in [0.717, 1.165) is 28.2 Å². The van der Waals surface area contributed by atoms with E-state index in [1.807, 2.05) is 38.2 Å². The normalized spacial score (nSPS) is 10.8. The van der Waals surface area contributed by atoms with Crippen LogP contribution in [0.15, 0.2) is 35.1 Å². The average Bonchev–Trinajstić information content (AvgIpc) is 2.98. The van der Waals surface area contributed by atoms with Crippen LogP contribution in [0.3, 0.4) is 0 Å². The first-order valence-electron chi connectivity index (χ1n) is 5.64. The van der Waals surface area contributed by atoms with Crippen LogP contribution in [-0.2, 0) is 0 Å². The molecule has 1 N–H and O–H groups in total. The van der Waals surface area contributed by atoms with Gasteiger partial charge in [-0.25, -0.2) is 0 Å². The van der Waals surface area contributed by atoms with Gasteiger partial charge in [0, 0.05) is 23.5 Å². The molecule has 0 bridgehead atoms. The molecule has 0 unspecified atom stereocenters. The number of hydrogen-bond donors (Lipinski definition) is 1. The summed E-state index contributed by atoms with van der Waals surface area (Å²) in [5.41, 5.74) is 4.58. The van der Waals surface area contributed by atoms with Crippen molar-refractivity contribution in [2.45, 2.75) is 13.8 Å². The highest BCUT2D eigenvalue weighted by molar-refractivity contribution is 5.77. The van der Waals surface area contributed by atoms with Crippen LogP contribution in [0.4, 0.5) is 0 Å². The first-order chi connectivity index (χ1) is 8.74. The van der Waals surface area contributed by atoms with Crippen LogP contribution in [-0.4, -0.2) is 20.3 Å². The van der Waals surface area contributed by atoms with Crippen LogP contribution >= 0.6 is 0 Å². The van der Waals surface area contributed by atoms with Gasteiger partial charge in [0.25, 0.3) is 0 Å². The molecule has 0 spiro atoms. The number of aromatic amines is 1. The molecule has 5 heteroatoms. The van der Waals surface area contributed by atoms with Crippen molar-refractivity contribution in [3.05, 3.63) is 42.0 Å². The van der Waals surface area contributed by atoms with Gasteiger partial charge < -0.3 is 4.52 Å². The summed E-state index contributed by atoms with van der Waals surface area (Å²) in [7, 11) is 0. The van der Waals surface area contributed by atoms with E-state index in [4.69, 9.17) is 4.52 Å². The van der Waals surface area contributed by atoms with Crippen molar-refractivity contribution < 1.29 is 4.52 Å². The molecular weight excluding hydrogens is 228 g/mol. The van der Waals surface area contributed by atoms with Crippen molar-refractivity contribution in [1.29, 1.82) is 0 Å². The van der Waals surface area contributed by atoms with E-state index in [1.165, 1.54) is 0 Å². The van der Waals surface area contributed by atoms with E-state index in [2.05, 4.69) is 20.3 Å². The summed E-state index contributed by atoms with van der Waals surface area (Å²) >= 11 is 0. The maximum atomic E-state index is 5.26. The van der Waals surface area contributed by atoms with Crippen LogP contribution in [0.25, 0.3) is 22.6 Å². The second-order valence-electron chi connectivity index (χ2n) is 4.18. The quantitative estimate of drug-likeness (QED) is 0.747. The Morgan fingerprint density at radius 3 is 2.67 bits per heavy atom. The molecule has 0 amide bonds. The number of hydrogen-bond acceptors (Lipinski definition) is 4. The Morgan fingerprint density at radius 1 is 1.11 bits per heavy atom. The fraction of sp³-hybridized carbons (Fsp3) is 0.154. The molecule has 3 aromatic heterocycles. The molecule has 5 nitrogen and oxygen atoms in total. The average molecular weight is 240 g/mol. The van der Waals surface area contributed by atoms with E-state index in [9.17, 15) is 0 Å². The van der Waals surface area contributed by atoms with E-state index in [1.54, 1.807) is 6.20 Å². The molecule has 3 heterocycles. The molecule has 0 fully saturated rings. The van der Waals surface area contributed by atoms with Gasteiger partial charge in [-0.05, 0) is 26.0 Å². The van der Waals surface area contributed by atoms with Crippen LogP contribution < -0.4 is 0 Å². The van der Waals surface area contributed by atoms with Crippen molar-refractivity contribution >= 4 is 0 Å². The minimum atomic E-state index is 0.705. The SMILES string of the molecule is Cc1ccc(-c2[nH]ncc2-c2cc(C)no2)cn1. The molecule has 0 aliphatic heterocycles. The Labute approximate surface area is 104 Å². The van der Waals surface area contributed by atoms with Gasteiger partial charge in [-0.2, -0.15) is 5.10 Å². The summed E-state index contributed by atoms with van der Waals surface area (Å²) in [5, 5.41) is 10.9. The lowest BCUT2D eigenvalue weighted by Gasteiger charge is -2.00. The maximum absolute atomic E-state index is 5.26. The predicted octanol–water partition coefficient (Wildman–Crippen LogP) is 2.74. The molecule has 3 rings (SSSR count). The van der Waals surface area contributed by atoms with Gasteiger partial charge in [0.1, 0.15) is 0 Å². The van der Waals surface area contributed by atoms with Crippen molar-refractivity contribution in [1.82, 2.24) is 20.3 Å². The van der Waals surface area contributed by atoms with E-state index >= 15 is 0 Å². The maximum Gasteiger partial charge on any atom is 0.170 e. The third-order valence-electron chi connectivity index (χ3n) is 2.73. The third kappa shape index (κ3) is 1.79. The number of rotatable bonds is 2. The van der Waals surface area contributed by atoms with Gasteiger partial charge in [0.05, 0.1) is 23.1 Å². The Balaban J connectivity index is 2.09. The van der Waals surface area contributed by atoms with E-state index in [0.29, 0.717) is 5.76 Å². The Bertz CT molecular complexity index is 666. The molecular formula is C13H12N4O. The fourth-order valence-corrected chi connectivity index (χ4v) is 1.80. The number of nitrogens with zero attached hydrogens (tertiary/aromatic N) is 3. The highest BCUT2D eigenvalue weighted by Gasteiger charge is 2.13. The first-order valence-corrected chi connectivity index (χ1v) is 5.64. The summed E-state index contributed by atoms with van der Waals surface area (Å²) in [6, 6.07) is 5.85. The van der Waals surface area contributed by atoms with Crippen LogP contribution in [0.5, 0.6) is 0 Å². The van der Waals surface area contributed by atoms with Gasteiger partial charge >= 0.3 is 0 Å². The monoisotopic (exact) mass is 240 g/mol. The minimum absolute atomic E-state index is 0.705. The summed E-state index contributed by atoms with van der Waals surface area (Å²) in [6.07, 6.45) is 3.55. The number of nitrogens with one attached hydrogen (secondary N) is 1. The van der Waals surface area contributed by atoms with Gasteiger partial charge in [-0.1, -0.05) is 5.16 Å². The molecule has 0 atom stereocenters. The van der Waals surface area contributed by atoms with Gasteiger partial charge in [-0.3, -0.25) is 10.1 Å². The second-order valence-corrected chi connectivity index (χ2v) is 4.18. The highest BCUT2D eigenvalue weighted by Crippen LogP contribution is 2.29. The number of pyridine rings is 1. The lowest BCUT2D eigenvalue weighted by molar-refractivity contribution is 0.427. The minimum Gasteiger partial charge on any atom is -0.356 e. The second kappa shape index (κ2) is 4.10. The Hall–Kier alpha value is -2.43. The van der Waals surface area contributed by atoms with Gasteiger partial charge in [0.15, 0.2) is 5.76 Å². The molecule has 18 heavy (non-hydrogen) atoms. The van der Waals surface area contributed by atoms with E-state index in [-0.39, 0.29) is 0 Å². The summed E-state index contributed by atoms with van der Waals surface area (Å²) in [5.74, 6) is 0.705. The predicted molar refractivity (Wildman–Crippen MR) is 66.8 cm³/mol. The molecule has 0 radical (unpaired) electrons. The standard InChI is InChI=1S/C13H12N4O/c1-8-3-4-10(6-14-8)13-11(7-15-16-13)12-5-9(2)17-18-12/h3-7H,1-2H3,(H,15,16). The smallest absolute Gasteiger partial charge is 0.170 e. The van der Waals surface area contributed by atoms with Crippen molar-refractivity contribution in [2.24, 2.45) is 0 Å².